The summed E-state index contributed by atoms with van der Waals surface area (Å²) in [6.07, 6.45) is 0. The molecular formula is AlO4PZr+2. The molecule has 0 aromatic carbocycles. The second kappa shape index (κ2) is 5.66. The van der Waals surface area contributed by atoms with E-state index in [1.807, 2.05) is 0 Å². The molecule has 0 radical (unpaired) electrons. The van der Waals surface area contributed by atoms with Gasteiger partial charge in [0.25, 0.3) is 0 Å². The molecule has 0 heterocycles. The van der Waals surface area contributed by atoms with E-state index in [0.29, 0.717) is 0 Å². The van der Waals surface area contributed by atoms with Gasteiger partial charge in [0, 0.05) is 0 Å². The Labute approximate surface area is 70.4 Å². The van der Waals surface area contributed by atoms with E-state index < -0.39 is 7.82 Å². The van der Waals surface area contributed by atoms with Crippen LogP contribution in [-0.4, -0.2) is 17.4 Å². The predicted molar refractivity (Wildman–Crippen MR) is 13.4 cm³/mol. The molecule has 4 nitrogen and oxygen atoms in total. The van der Waals surface area contributed by atoms with Crippen LogP contribution in [-0.2, 0) is 30.8 Å². The summed E-state index contributed by atoms with van der Waals surface area (Å²) in [4.78, 5) is 25.6. The van der Waals surface area contributed by atoms with Crippen molar-refractivity contribution >= 4 is 25.2 Å². The molecule has 0 bridgehead atoms. The molecule has 0 aliphatic carbocycles. The van der Waals surface area contributed by atoms with Crippen molar-refractivity contribution in [2.24, 2.45) is 0 Å². The van der Waals surface area contributed by atoms with Crippen LogP contribution in [0.2, 0.25) is 0 Å². The van der Waals surface area contributed by atoms with Crippen LogP contribution in [0.3, 0.4) is 0 Å². The molecule has 7 heteroatoms. The first-order chi connectivity index (χ1) is 2.00. The summed E-state index contributed by atoms with van der Waals surface area (Å²) in [6.45, 7) is 0. The zero-order chi connectivity index (χ0) is 4.50. The van der Waals surface area contributed by atoms with Crippen LogP contribution in [0.25, 0.3) is 0 Å². The fraction of sp³-hybridized carbons (Fsp3) is 0. The molecule has 0 rings (SSSR count). The molecule has 0 spiro atoms. The summed E-state index contributed by atoms with van der Waals surface area (Å²) >= 11 is 0. The van der Waals surface area contributed by atoms with Gasteiger partial charge >= 0.3 is 43.6 Å². The van der Waals surface area contributed by atoms with E-state index in [-0.39, 0.29) is 43.6 Å². The third kappa shape index (κ3) is 98.7. The van der Waals surface area contributed by atoms with Crippen LogP contribution in [0.1, 0.15) is 0 Å². The molecule has 0 aromatic heterocycles. The average molecular weight is 213 g/mol. The van der Waals surface area contributed by atoms with Crippen molar-refractivity contribution < 1.29 is 45.4 Å². The molecule has 0 N–H and O–H groups in total. The van der Waals surface area contributed by atoms with Gasteiger partial charge in [0.05, 0.1) is 0 Å². The third-order valence-electron chi connectivity index (χ3n) is 0. The Bertz CT molecular complexity index is 57.8. The summed E-state index contributed by atoms with van der Waals surface area (Å²) in [5, 5.41) is 0. The normalized spacial score (nSPS) is 8.43. The second-order valence-corrected chi connectivity index (χ2v) is 1.34. The molecular weight excluding hydrogens is 213 g/mol. The van der Waals surface area contributed by atoms with Crippen LogP contribution in [0.15, 0.2) is 0 Å². The van der Waals surface area contributed by atoms with Crippen molar-refractivity contribution in [3.05, 3.63) is 0 Å². The fourth-order valence-electron chi connectivity index (χ4n) is 0. The van der Waals surface area contributed by atoms with Gasteiger partial charge in [-0.25, -0.2) is 0 Å². The van der Waals surface area contributed by atoms with E-state index in [4.69, 9.17) is 19.2 Å². The van der Waals surface area contributed by atoms with Gasteiger partial charge in [-0.15, -0.1) is 0 Å². The van der Waals surface area contributed by atoms with Crippen LogP contribution >= 0.6 is 7.82 Å². The Hall–Kier alpha value is 1.53. The van der Waals surface area contributed by atoms with Crippen molar-refractivity contribution in [3.8, 4) is 0 Å². The maximum Gasteiger partial charge on any atom is 3.00 e. The van der Waals surface area contributed by atoms with Gasteiger partial charge in [-0.2, -0.15) is 7.82 Å². The predicted octanol–water partition coefficient (Wildman–Crippen LogP) is -3.21. The van der Waals surface area contributed by atoms with Gasteiger partial charge in [0.1, 0.15) is 0 Å². The van der Waals surface area contributed by atoms with Gasteiger partial charge in [-0.05, 0) is 0 Å². The minimum absolute atomic E-state index is 0. The number of rotatable bonds is 0. The summed E-state index contributed by atoms with van der Waals surface area (Å²) < 4.78 is 8.55. The third-order valence-corrected chi connectivity index (χ3v) is 0. The smallest absolute Gasteiger partial charge is 0.822 e. The maximum atomic E-state index is 8.55. The first kappa shape index (κ1) is 15.8. The van der Waals surface area contributed by atoms with Crippen LogP contribution in [0.4, 0.5) is 0 Å². The van der Waals surface area contributed by atoms with Crippen molar-refractivity contribution in [3.63, 3.8) is 0 Å². The Balaban J connectivity index is -0.0000000800. The Kier molecular flexibility index (Phi) is 12.8. The monoisotopic (exact) mass is 212 g/mol. The molecule has 0 amide bonds. The first-order valence-electron chi connectivity index (χ1n) is 0.730. The number of hydrogen-bond acceptors (Lipinski definition) is 4. The number of phosphoric acid groups is 1. The molecule has 0 atom stereocenters. The summed E-state index contributed by atoms with van der Waals surface area (Å²) in [6, 6.07) is 0. The molecule has 0 unspecified atom stereocenters. The van der Waals surface area contributed by atoms with Crippen LogP contribution < -0.4 is 14.7 Å². The SMILES string of the molecule is O=P([O-])([O-])[O-].[Al+3].[Zr+2]. The van der Waals surface area contributed by atoms with Gasteiger partial charge in [-0.1, -0.05) is 0 Å². The zero-order valence-corrected chi connectivity index (χ0v) is 7.66. The first-order valence-corrected chi connectivity index (χ1v) is 2.19. The largest absolute Gasteiger partial charge is 3.00 e. The molecule has 0 aromatic rings. The molecule has 0 saturated heterocycles. The molecule has 0 aliphatic heterocycles. The Morgan fingerprint density at radius 2 is 1.14 bits per heavy atom. The van der Waals surface area contributed by atoms with Gasteiger partial charge in [0.2, 0.25) is 0 Å². The van der Waals surface area contributed by atoms with Crippen molar-refractivity contribution in [2.75, 3.05) is 0 Å². The average Bonchev–Trinajstić information content (AvgIpc) is 0.722. The molecule has 34 valence electrons. The molecule has 0 fully saturated rings. The Morgan fingerprint density at radius 1 is 1.14 bits per heavy atom. The van der Waals surface area contributed by atoms with E-state index in [1.54, 1.807) is 0 Å². The van der Waals surface area contributed by atoms with Gasteiger partial charge < -0.3 is 19.2 Å². The van der Waals surface area contributed by atoms with Gasteiger partial charge in [0.15, 0.2) is 0 Å². The summed E-state index contributed by atoms with van der Waals surface area (Å²) in [5.41, 5.74) is 0. The van der Waals surface area contributed by atoms with Crippen molar-refractivity contribution in [1.29, 1.82) is 0 Å². The van der Waals surface area contributed by atoms with E-state index >= 15 is 0 Å². The number of hydrogen-bond donors (Lipinski definition) is 0. The van der Waals surface area contributed by atoms with Crippen LogP contribution in [0, 0.1) is 0 Å². The summed E-state index contributed by atoms with van der Waals surface area (Å²) in [5.74, 6) is 0. The quantitative estimate of drug-likeness (QED) is 0.313. The van der Waals surface area contributed by atoms with E-state index in [9.17, 15) is 0 Å². The van der Waals surface area contributed by atoms with E-state index in [2.05, 4.69) is 0 Å². The van der Waals surface area contributed by atoms with Gasteiger partial charge in [-0.3, -0.25) is 0 Å². The van der Waals surface area contributed by atoms with E-state index in [0.717, 1.165) is 0 Å². The molecule has 7 heavy (non-hydrogen) atoms. The van der Waals surface area contributed by atoms with Crippen molar-refractivity contribution in [2.45, 2.75) is 0 Å². The molecule has 0 saturated carbocycles. The second-order valence-electron chi connectivity index (χ2n) is 0.447. The minimum Gasteiger partial charge on any atom is -0.822 e. The zero-order valence-electron chi connectivity index (χ0n) is 3.16. The summed E-state index contributed by atoms with van der Waals surface area (Å²) in [7, 11) is -5.39. The van der Waals surface area contributed by atoms with Crippen molar-refractivity contribution in [1.82, 2.24) is 0 Å². The van der Waals surface area contributed by atoms with E-state index in [1.165, 1.54) is 0 Å². The Morgan fingerprint density at radius 3 is 1.14 bits per heavy atom. The molecule has 0 aliphatic rings. The standard InChI is InChI=1S/Al.H3O4P.Zr/c;1-5(2,3)4;/h;(H3,1,2,3,4);/q+3;;+2/p-3. The topological polar surface area (TPSA) is 86.2 Å². The maximum absolute atomic E-state index is 8.55. The van der Waals surface area contributed by atoms with Crippen LogP contribution in [0.5, 0.6) is 0 Å². The fourth-order valence-corrected chi connectivity index (χ4v) is 0. The minimum atomic E-state index is -5.39.